The molecule has 0 aromatic heterocycles. The Balaban J connectivity index is 1.66. The summed E-state index contributed by atoms with van der Waals surface area (Å²) in [5.74, 6) is -0.650. The maximum Gasteiger partial charge on any atom is 0.286 e. The summed E-state index contributed by atoms with van der Waals surface area (Å²) in [6, 6.07) is 14.5. The summed E-state index contributed by atoms with van der Waals surface area (Å²) < 4.78 is 28.0. The van der Waals surface area contributed by atoms with Gasteiger partial charge >= 0.3 is 0 Å². The lowest BCUT2D eigenvalue weighted by atomic mass is 9.96. The minimum absolute atomic E-state index is 0.0345. The van der Waals surface area contributed by atoms with Gasteiger partial charge in [-0.05, 0) is 48.1 Å². The average Bonchev–Trinajstić information content (AvgIpc) is 2.73. The van der Waals surface area contributed by atoms with E-state index < -0.39 is 15.9 Å². The Morgan fingerprint density at radius 2 is 1.50 bits per heavy atom. The molecule has 2 aromatic rings. The Hall–Kier alpha value is -2.38. The predicted octanol–water partition coefficient (Wildman–Crippen LogP) is 4.19. The van der Waals surface area contributed by atoms with Gasteiger partial charge in [0.25, 0.3) is 5.91 Å². The number of carbonyl (C=O) groups excluding carboxylic acids is 1. The van der Waals surface area contributed by atoms with Gasteiger partial charge in [0.05, 0.1) is 4.90 Å². The largest absolute Gasteiger partial charge is 0.286 e. The Morgan fingerprint density at radius 3 is 2.07 bits per heavy atom. The van der Waals surface area contributed by atoms with E-state index in [1.807, 2.05) is 24.3 Å². The Labute approximate surface area is 165 Å². The number of carbonyl (C=O) groups is 1. The van der Waals surface area contributed by atoms with Crippen molar-refractivity contribution in [2.75, 3.05) is 0 Å². The van der Waals surface area contributed by atoms with Crippen molar-refractivity contribution < 1.29 is 13.2 Å². The van der Waals surface area contributed by atoms with Crippen molar-refractivity contribution in [3.63, 3.8) is 0 Å². The highest BCUT2D eigenvalue weighted by Gasteiger charge is 2.21. The topological polar surface area (TPSA) is 92.7 Å². The molecule has 0 aliphatic heterocycles. The van der Waals surface area contributed by atoms with Gasteiger partial charge in [0.15, 0.2) is 0 Å². The molecule has 1 N–H and O–H groups in total. The van der Waals surface area contributed by atoms with Gasteiger partial charge in [-0.2, -0.15) is 0 Å². The molecule has 1 aliphatic rings. The van der Waals surface area contributed by atoms with Gasteiger partial charge in [-0.15, -0.1) is 4.91 Å². The van der Waals surface area contributed by atoms with E-state index in [0.29, 0.717) is 6.42 Å². The van der Waals surface area contributed by atoms with Gasteiger partial charge < -0.3 is 0 Å². The average molecular weight is 401 g/mol. The second-order valence-electron chi connectivity index (χ2n) is 7.16. The molecule has 1 fully saturated rings. The zero-order valence-corrected chi connectivity index (χ0v) is 16.5. The number of nitroso groups, excluding NO2 is 1. The first-order chi connectivity index (χ1) is 13.5. The number of nitrogens with zero attached hydrogens (tertiary/aromatic N) is 1. The lowest BCUT2D eigenvalue weighted by molar-refractivity contribution is -0.117. The number of amides is 1. The minimum atomic E-state index is -3.50. The van der Waals surface area contributed by atoms with Crippen LogP contribution in [0.3, 0.4) is 0 Å². The van der Waals surface area contributed by atoms with Crippen LogP contribution in [0.1, 0.15) is 44.1 Å². The third-order valence-corrected chi connectivity index (χ3v) is 6.64. The number of rotatable bonds is 7. The quantitative estimate of drug-likeness (QED) is 0.705. The van der Waals surface area contributed by atoms with Gasteiger partial charge in [-0.3, -0.25) is 4.79 Å². The summed E-state index contributed by atoms with van der Waals surface area (Å²) in [4.78, 5) is 21.4. The standard InChI is InChI=1S/C21H24N2O4S/c24-21(22-25)15-8-16-6-9-17(10-7-16)18-11-13-20(14-12-18)28(26,27)23-19-4-2-1-3-5-19/h6-7,9-14,19,23H,1-5,8,15H2. The molecule has 1 amide bonds. The minimum Gasteiger partial charge on any atom is -0.269 e. The fourth-order valence-corrected chi connectivity index (χ4v) is 4.80. The predicted molar refractivity (Wildman–Crippen MR) is 108 cm³/mol. The molecule has 0 radical (unpaired) electrons. The van der Waals surface area contributed by atoms with E-state index in [1.165, 1.54) is 6.42 Å². The van der Waals surface area contributed by atoms with E-state index in [9.17, 15) is 18.1 Å². The van der Waals surface area contributed by atoms with Crippen LogP contribution in [0.5, 0.6) is 0 Å². The third-order valence-electron chi connectivity index (χ3n) is 5.11. The van der Waals surface area contributed by atoms with Crippen LogP contribution in [0, 0.1) is 4.91 Å². The zero-order chi connectivity index (χ0) is 20.0. The van der Waals surface area contributed by atoms with Gasteiger partial charge in [-0.25, -0.2) is 13.1 Å². The maximum absolute atomic E-state index is 12.6. The van der Waals surface area contributed by atoms with Crippen LogP contribution >= 0.6 is 0 Å². The van der Waals surface area contributed by atoms with Crippen molar-refractivity contribution in [1.29, 1.82) is 0 Å². The van der Waals surface area contributed by atoms with E-state index in [-0.39, 0.29) is 17.4 Å². The molecule has 1 saturated carbocycles. The zero-order valence-electron chi connectivity index (χ0n) is 15.6. The molecule has 2 aromatic carbocycles. The highest BCUT2D eigenvalue weighted by molar-refractivity contribution is 7.89. The van der Waals surface area contributed by atoms with E-state index in [2.05, 4.69) is 9.90 Å². The first-order valence-corrected chi connectivity index (χ1v) is 11.0. The van der Waals surface area contributed by atoms with Crippen LogP contribution in [0.4, 0.5) is 0 Å². The Kier molecular flexibility index (Phi) is 6.70. The molecule has 1 aliphatic carbocycles. The van der Waals surface area contributed by atoms with Crippen LogP contribution < -0.4 is 4.72 Å². The van der Waals surface area contributed by atoms with E-state index in [4.69, 9.17) is 0 Å². The molecule has 0 spiro atoms. The van der Waals surface area contributed by atoms with Crippen LogP contribution in [0.15, 0.2) is 58.6 Å². The van der Waals surface area contributed by atoms with Crippen molar-refractivity contribution in [3.05, 3.63) is 59.0 Å². The molecular weight excluding hydrogens is 376 g/mol. The molecule has 28 heavy (non-hydrogen) atoms. The summed E-state index contributed by atoms with van der Waals surface area (Å²) in [5, 5.41) is 2.39. The molecule has 3 rings (SSSR count). The van der Waals surface area contributed by atoms with Crippen molar-refractivity contribution in [2.45, 2.75) is 55.9 Å². The Morgan fingerprint density at radius 1 is 0.929 bits per heavy atom. The first-order valence-electron chi connectivity index (χ1n) is 9.56. The van der Waals surface area contributed by atoms with Crippen LogP contribution in [-0.2, 0) is 21.2 Å². The molecule has 0 unspecified atom stereocenters. The summed E-state index contributed by atoms with van der Waals surface area (Å²) in [6.07, 6.45) is 5.69. The molecule has 0 heterocycles. The van der Waals surface area contributed by atoms with Crippen molar-refractivity contribution in [2.24, 2.45) is 5.18 Å². The van der Waals surface area contributed by atoms with Gasteiger partial charge in [0, 0.05) is 17.6 Å². The smallest absolute Gasteiger partial charge is 0.269 e. The maximum atomic E-state index is 12.6. The van der Waals surface area contributed by atoms with Gasteiger partial charge in [0.2, 0.25) is 10.0 Å². The SMILES string of the molecule is O=NC(=O)CCc1ccc(-c2ccc(S(=O)(=O)NC3CCCCC3)cc2)cc1. The van der Waals surface area contributed by atoms with Crippen molar-refractivity contribution >= 4 is 15.9 Å². The van der Waals surface area contributed by atoms with Crippen LogP contribution in [0.25, 0.3) is 11.1 Å². The summed E-state index contributed by atoms with van der Waals surface area (Å²) >= 11 is 0. The first kappa shape index (κ1) is 20.4. The van der Waals surface area contributed by atoms with Gasteiger partial charge in [-0.1, -0.05) is 55.7 Å². The number of sulfonamides is 1. The summed E-state index contributed by atoms with van der Waals surface area (Å²) in [7, 11) is -3.50. The normalized spacial score (nSPS) is 15.3. The van der Waals surface area contributed by atoms with Crippen molar-refractivity contribution in [1.82, 2.24) is 4.72 Å². The number of hydrogen-bond donors (Lipinski definition) is 1. The molecule has 0 saturated heterocycles. The molecular formula is C21H24N2O4S. The number of nitrogens with one attached hydrogen (secondary N) is 1. The number of aryl methyl sites for hydroxylation is 1. The van der Waals surface area contributed by atoms with E-state index in [1.54, 1.807) is 24.3 Å². The monoisotopic (exact) mass is 400 g/mol. The molecule has 0 atom stereocenters. The summed E-state index contributed by atoms with van der Waals surface area (Å²) in [6.45, 7) is 0. The highest BCUT2D eigenvalue weighted by Crippen LogP contribution is 2.24. The van der Waals surface area contributed by atoms with Gasteiger partial charge in [0.1, 0.15) is 0 Å². The molecule has 7 heteroatoms. The second-order valence-corrected chi connectivity index (χ2v) is 8.88. The number of hydrogen-bond acceptors (Lipinski definition) is 4. The van der Waals surface area contributed by atoms with E-state index >= 15 is 0 Å². The van der Waals surface area contributed by atoms with Crippen LogP contribution in [-0.4, -0.2) is 20.4 Å². The van der Waals surface area contributed by atoms with Crippen molar-refractivity contribution in [3.8, 4) is 11.1 Å². The Bertz CT molecular complexity index is 916. The molecule has 148 valence electrons. The highest BCUT2D eigenvalue weighted by atomic mass is 32.2. The lowest BCUT2D eigenvalue weighted by Gasteiger charge is -2.22. The third kappa shape index (κ3) is 5.33. The van der Waals surface area contributed by atoms with E-state index in [0.717, 1.165) is 42.4 Å². The fraction of sp³-hybridized carbons (Fsp3) is 0.381. The fourth-order valence-electron chi connectivity index (χ4n) is 3.50. The number of benzene rings is 2. The van der Waals surface area contributed by atoms with Crippen LogP contribution in [0.2, 0.25) is 0 Å². The second kappa shape index (κ2) is 9.21. The lowest BCUT2D eigenvalue weighted by Crippen LogP contribution is -2.36. The summed E-state index contributed by atoms with van der Waals surface area (Å²) in [5.41, 5.74) is 2.80. The molecule has 6 nitrogen and oxygen atoms in total. The molecule has 0 bridgehead atoms.